The van der Waals surface area contributed by atoms with Gasteiger partial charge in [0, 0.05) is 24.7 Å². The van der Waals surface area contributed by atoms with Crippen LogP contribution in [0.25, 0.3) is 0 Å². The van der Waals surface area contributed by atoms with Crippen molar-refractivity contribution in [3.05, 3.63) is 23.4 Å². The molecule has 1 fully saturated rings. The van der Waals surface area contributed by atoms with Crippen molar-refractivity contribution in [3.63, 3.8) is 0 Å². The maximum absolute atomic E-state index is 5.76. The topological polar surface area (TPSA) is 43.4 Å². The van der Waals surface area contributed by atoms with Crippen LogP contribution in [0.1, 0.15) is 24.6 Å². The van der Waals surface area contributed by atoms with Crippen LogP contribution in [0.15, 0.2) is 12.1 Å². The predicted molar refractivity (Wildman–Crippen MR) is 66.2 cm³/mol. The lowest BCUT2D eigenvalue weighted by Gasteiger charge is -2.12. The molecule has 1 aromatic rings. The zero-order valence-corrected chi connectivity index (χ0v) is 10.5. The van der Waals surface area contributed by atoms with Crippen LogP contribution in [-0.2, 0) is 11.3 Å². The summed E-state index contributed by atoms with van der Waals surface area (Å²) >= 11 is 0. The molecule has 0 bridgehead atoms. The lowest BCUT2D eigenvalue weighted by Crippen LogP contribution is -2.17. The normalized spacial score (nSPS) is 19.5. The largest absolute Gasteiger partial charge is 0.472 e. The molecule has 1 unspecified atom stereocenters. The van der Waals surface area contributed by atoms with Gasteiger partial charge < -0.3 is 14.8 Å². The molecule has 17 heavy (non-hydrogen) atoms. The van der Waals surface area contributed by atoms with E-state index in [9.17, 15) is 0 Å². The Bertz CT molecular complexity index is 362. The van der Waals surface area contributed by atoms with E-state index in [0.29, 0.717) is 12.5 Å². The number of aryl methyl sites for hydroxylation is 1. The SMILES string of the molecule is CCNCc1ccc(OC2CCOC2)nc1C. The smallest absolute Gasteiger partial charge is 0.213 e. The van der Waals surface area contributed by atoms with Crippen LogP contribution in [0.2, 0.25) is 0 Å². The van der Waals surface area contributed by atoms with Gasteiger partial charge in [0.15, 0.2) is 0 Å². The number of hydrogen-bond donors (Lipinski definition) is 1. The third-order valence-electron chi connectivity index (χ3n) is 2.91. The van der Waals surface area contributed by atoms with Gasteiger partial charge in [-0.05, 0) is 19.0 Å². The average molecular weight is 236 g/mol. The second-order valence-electron chi connectivity index (χ2n) is 4.28. The van der Waals surface area contributed by atoms with Gasteiger partial charge in [-0.15, -0.1) is 0 Å². The molecule has 4 nitrogen and oxygen atoms in total. The van der Waals surface area contributed by atoms with Crippen LogP contribution in [0, 0.1) is 6.92 Å². The third-order valence-corrected chi connectivity index (χ3v) is 2.91. The lowest BCUT2D eigenvalue weighted by molar-refractivity contribution is 0.138. The van der Waals surface area contributed by atoms with Gasteiger partial charge in [0.25, 0.3) is 0 Å². The minimum Gasteiger partial charge on any atom is -0.472 e. The van der Waals surface area contributed by atoms with Crippen LogP contribution in [0.4, 0.5) is 0 Å². The molecule has 4 heteroatoms. The molecular weight excluding hydrogens is 216 g/mol. The summed E-state index contributed by atoms with van der Waals surface area (Å²) in [6, 6.07) is 4.02. The third kappa shape index (κ3) is 3.41. The maximum Gasteiger partial charge on any atom is 0.213 e. The Morgan fingerprint density at radius 2 is 2.41 bits per heavy atom. The van der Waals surface area contributed by atoms with Gasteiger partial charge in [-0.1, -0.05) is 13.0 Å². The van der Waals surface area contributed by atoms with Gasteiger partial charge >= 0.3 is 0 Å². The molecule has 0 aliphatic carbocycles. The van der Waals surface area contributed by atoms with E-state index in [1.54, 1.807) is 0 Å². The van der Waals surface area contributed by atoms with E-state index in [4.69, 9.17) is 9.47 Å². The monoisotopic (exact) mass is 236 g/mol. The number of nitrogens with one attached hydrogen (secondary N) is 1. The maximum atomic E-state index is 5.76. The first-order valence-corrected chi connectivity index (χ1v) is 6.21. The molecule has 0 amide bonds. The van der Waals surface area contributed by atoms with E-state index >= 15 is 0 Å². The van der Waals surface area contributed by atoms with E-state index in [2.05, 4.69) is 23.3 Å². The molecule has 1 saturated heterocycles. The summed E-state index contributed by atoms with van der Waals surface area (Å²) in [6.07, 6.45) is 1.13. The van der Waals surface area contributed by atoms with Crippen molar-refractivity contribution in [1.82, 2.24) is 10.3 Å². The van der Waals surface area contributed by atoms with Gasteiger partial charge in [0.1, 0.15) is 6.10 Å². The van der Waals surface area contributed by atoms with Crippen molar-refractivity contribution in [2.45, 2.75) is 32.9 Å². The molecule has 94 valence electrons. The van der Waals surface area contributed by atoms with Crippen LogP contribution in [-0.4, -0.2) is 30.8 Å². The van der Waals surface area contributed by atoms with Crippen molar-refractivity contribution < 1.29 is 9.47 Å². The van der Waals surface area contributed by atoms with E-state index in [1.165, 1.54) is 5.56 Å². The predicted octanol–water partition coefficient (Wildman–Crippen LogP) is 1.67. The highest BCUT2D eigenvalue weighted by Gasteiger charge is 2.17. The fraction of sp³-hybridized carbons (Fsp3) is 0.615. The molecule has 1 aliphatic rings. The van der Waals surface area contributed by atoms with E-state index < -0.39 is 0 Å². The van der Waals surface area contributed by atoms with Crippen LogP contribution < -0.4 is 10.1 Å². The summed E-state index contributed by atoms with van der Waals surface area (Å²) < 4.78 is 11.0. The number of pyridine rings is 1. The molecule has 1 aliphatic heterocycles. The second-order valence-corrected chi connectivity index (χ2v) is 4.28. The lowest BCUT2D eigenvalue weighted by atomic mass is 10.2. The molecule has 2 heterocycles. The molecule has 0 radical (unpaired) electrons. The summed E-state index contributed by atoms with van der Waals surface area (Å²) in [5.74, 6) is 0.707. The van der Waals surface area contributed by atoms with Gasteiger partial charge in [0.2, 0.25) is 5.88 Å². The highest BCUT2D eigenvalue weighted by atomic mass is 16.5. The summed E-state index contributed by atoms with van der Waals surface area (Å²) in [6.45, 7) is 7.42. The van der Waals surface area contributed by atoms with Crippen molar-refractivity contribution in [1.29, 1.82) is 0 Å². The minimum absolute atomic E-state index is 0.168. The Labute approximate surface area is 102 Å². The Hall–Kier alpha value is -1.13. The summed E-state index contributed by atoms with van der Waals surface area (Å²) in [7, 11) is 0. The summed E-state index contributed by atoms with van der Waals surface area (Å²) in [5, 5.41) is 3.30. The first kappa shape index (κ1) is 12.3. The first-order chi connectivity index (χ1) is 8.29. The highest BCUT2D eigenvalue weighted by molar-refractivity contribution is 5.25. The number of rotatable bonds is 5. The van der Waals surface area contributed by atoms with Crippen molar-refractivity contribution in [3.8, 4) is 5.88 Å². The molecule has 0 aromatic carbocycles. The second kappa shape index (κ2) is 5.98. The quantitative estimate of drug-likeness (QED) is 0.844. The van der Waals surface area contributed by atoms with Gasteiger partial charge in [0.05, 0.1) is 13.2 Å². The van der Waals surface area contributed by atoms with E-state index in [0.717, 1.165) is 31.8 Å². The molecule has 0 spiro atoms. The van der Waals surface area contributed by atoms with E-state index in [1.807, 2.05) is 13.0 Å². The van der Waals surface area contributed by atoms with Crippen LogP contribution in [0.5, 0.6) is 5.88 Å². The fourth-order valence-corrected chi connectivity index (χ4v) is 1.86. The van der Waals surface area contributed by atoms with Crippen molar-refractivity contribution >= 4 is 0 Å². The molecule has 1 N–H and O–H groups in total. The number of aromatic nitrogens is 1. The zero-order valence-electron chi connectivity index (χ0n) is 10.5. The summed E-state index contributed by atoms with van der Waals surface area (Å²) in [5.41, 5.74) is 2.25. The fourth-order valence-electron chi connectivity index (χ4n) is 1.86. The van der Waals surface area contributed by atoms with Crippen molar-refractivity contribution in [2.24, 2.45) is 0 Å². The Morgan fingerprint density at radius 3 is 3.06 bits per heavy atom. The Morgan fingerprint density at radius 1 is 1.53 bits per heavy atom. The van der Waals surface area contributed by atoms with E-state index in [-0.39, 0.29) is 6.10 Å². The van der Waals surface area contributed by atoms with Crippen LogP contribution >= 0.6 is 0 Å². The van der Waals surface area contributed by atoms with Gasteiger partial charge in [-0.3, -0.25) is 0 Å². The minimum atomic E-state index is 0.168. The molecule has 2 rings (SSSR count). The van der Waals surface area contributed by atoms with Crippen molar-refractivity contribution in [2.75, 3.05) is 19.8 Å². The Kier molecular flexibility index (Phi) is 4.34. The molecule has 1 aromatic heterocycles. The first-order valence-electron chi connectivity index (χ1n) is 6.21. The molecule has 1 atom stereocenters. The molecule has 0 saturated carbocycles. The van der Waals surface area contributed by atoms with Crippen LogP contribution in [0.3, 0.4) is 0 Å². The summed E-state index contributed by atoms with van der Waals surface area (Å²) in [4.78, 5) is 4.47. The standard InChI is InChI=1S/C13H20N2O2/c1-3-14-8-11-4-5-13(15-10(11)2)17-12-6-7-16-9-12/h4-5,12,14H,3,6-9H2,1-2H3. The van der Waals surface area contributed by atoms with Gasteiger partial charge in [-0.2, -0.15) is 0 Å². The molecular formula is C13H20N2O2. The zero-order chi connectivity index (χ0) is 12.1. The number of nitrogens with zero attached hydrogens (tertiary/aromatic N) is 1. The van der Waals surface area contributed by atoms with Gasteiger partial charge in [-0.25, -0.2) is 4.98 Å². The highest BCUT2D eigenvalue weighted by Crippen LogP contribution is 2.17. The Balaban J connectivity index is 1.97. The number of hydrogen-bond acceptors (Lipinski definition) is 4. The number of ether oxygens (including phenoxy) is 2. The average Bonchev–Trinajstić information content (AvgIpc) is 2.81.